The van der Waals surface area contributed by atoms with Gasteiger partial charge in [0.05, 0.1) is 0 Å². The summed E-state index contributed by atoms with van der Waals surface area (Å²) in [4.78, 5) is 5.15. The number of nitrogens with one attached hydrogen (secondary N) is 1. The van der Waals surface area contributed by atoms with Gasteiger partial charge >= 0.3 is 0 Å². The Hall–Kier alpha value is -0.190. The fourth-order valence-electron chi connectivity index (χ4n) is 2.94. The first kappa shape index (κ1) is 19.8. The Morgan fingerprint density at radius 3 is 2.10 bits per heavy atom. The fraction of sp³-hybridized carbons (Fsp3) is 0.571. The van der Waals surface area contributed by atoms with E-state index in [1.807, 2.05) is 0 Å². The van der Waals surface area contributed by atoms with E-state index in [0.29, 0.717) is 0 Å². The molecule has 0 radical (unpaired) electrons. The summed E-state index contributed by atoms with van der Waals surface area (Å²) < 4.78 is 0. The van der Waals surface area contributed by atoms with Gasteiger partial charge in [0.1, 0.15) is 0 Å². The van der Waals surface area contributed by atoms with Crippen LogP contribution in [0.15, 0.2) is 30.3 Å². The molecule has 1 atom stereocenters. The highest BCUT2D eigenvalue weighted by Crippen LogP contribution is 2.18. The zero-order valence-electron chi connectivity index (χ0n) is 11.5. The molecule has 1 N–H and O–H groups in total. The lowest BCUT2D eigenvalue weighted by atomic mass is 10.1. The highest BCUT2D eigenvalue weighted by Gasteiger charge is 2.25. The van der Waals surface area contributed by atoms with Crippen molar-refractivity contribution in [1.29, 1.82) is 0 Å². The summed E-state index contributed by atoms with van der Waals surface area (Å²) in [7, 11) is 0. The summed E-state index contributed by atoms with van der Waals surface area (Å²) in [6, 6.07) is 11.6. The van der Waals surface area contributed by atoms with Crippen molar-refractivity contribution in [3.63, 3.8) is 0 Å². The number of anilines is 1. The second kappa shape index (κ2) is 9.69. The smallest absolute Gasteiger partial charge is 0.0367 e. The van der Waals surface area contributed by atoms with Gasteiger partial charge in [0, 0.05) is 44.5 Å². The Morgan fingerprint density at radius 1 is 0.900 bits per heavy atom. The third-order valence-corrected chi connectivity index (χ3v) is 3.99. The van der Waals surface area contributed by atoms with Crippen LogP contribution in [0, 0.1) is 0 Å². The lowest BCUT2D eigenvalue weighted by Crippen LogP contribution is -2.51. The second-order valence-corrected chi connectivity index (χ2v) is 5.01. The largest absolute Gasteiger partial charge is 0.369 e. The predicted octanol–water partition coefficient (Wildman–Crippen LogP) is 2.44. The van der Waals surface area contributed by atoms with Gasteiger partial charge in [-0.15, -0.1) is 37.2 Å². The van der Waals surface area contributed by atoms with Crippen LogP contribution in [0.2, 0.25) is 0 Å². The first-order chi connectivity index (χ1) is 8.43. The van der Waals surface area contributed by atoms with E-state index in [2.05, 4.69) is 45.4 Å². The fourth-order valence-corrected chi connectivity index (χ4v) is 2.94. The summed E-state index contributed by atoms with van der Waals surface area (Å²) in [5.74, 6) is 0. The monoisotopic (exact) mass is 339 g/mol. The standard InChI is InChI=1S/C14H21N3.3ClH/c1-2-4-13(5-3-1)16-8-10-17(11-9-16)14-6-7-15-12-14;;;/h1-5,14-15H,6-12H2;3*1H/t14-;;;/m1.../s1. The molecule has 1 aromatic carbocycles. The van der Waals surface area contributed by atoms with E-state index in [4.69, 9.17) is 0 Å². The lowest BCUT2D eigenvalue weighted by molar-refractivity contribution is 0.196. The van der Waals surface area contributed by atoms with E-state index in [1.54, 1.807) is 0 Å². The number of hydrogen-bond donors (Lipinski definition) is 1. The Morgan fingerprint density at radius 2 is 1.55 bits per heavy atom. The highest BCUT2D eigenvalue weighted by atomic mass is 35.5. The Kier molecular flexibility index (Phi) is 9.60. The molecule has 0 amide bonds. The third kappa shape index (κ3) is 4.68. The van der Waals surface area contributed by atoms with Crippen LogP contribution in [-0.2, 0) is 0 Å². The number of nitrogens with zero attached hydrogens (tertiary/aromatic N) is 2. The van der Waals surface area contributed by atoms with E-state index in [0.717, 1.165) is 6.04 Å². The number of rotatable bonds is 2. The molecular weight excluding hydrogens is 317 g/mol. The molecule has 3 rings (SSSR count). The summed E-state index contributed by atoms with van der Waals surface area (Å²) >= 11 is 0. The van der Waals surface area contributed by atoms with Crippen molar-refractivity contribution in [2.75, 3.05) is 44.2 Å². The molecule has 6 heteroatoms. The molecule has 1 aromatic rings. The molecule has 2 aliphatic rings. The Labute approximate surface area is 140 Å². The van der Waals surface area contributed by atoms with Crippen LogP contribution in [0.1, 0.15) is 6.42 Å². The Balaban J connectivity index is 0.00000120. The molecule has 2 saturated heterocycles. The van der Waals surface area contributed by atoms with Crippen molar-refractivity contribution in [2.45, 2.75) is 12.5 Å². The van der Waals surface area contributed by atoms with Crippen molar-refractivity contribution in [2.24, 2.45) is 0 Å². The van der Waals surface area contributed by atoms with Gasteiger partial charge in [-0.05, 0) is 25.1 Å². The van der Waals surface area contributed by atoms with E-state index >= 15 is 0 Å². The maximum atomic E-state index is 3.46. The minimum Gasteiger partial charge on any atom is -0.369 e. The van der Waals surface area contributed by atoms with Crippen LogP contribution >= 0.6 is 37.2 Å². The SMILES string of the molecule is Cl.Cl.Cl.c1ccc(N2CCN([C@@H]3CCNC3)CC2)cc1. The van der Waals surface area contributed by atoms with Crippen LogP contribution in [0.4, 0.5) is 5.69 Å². The van der Waals surface area contributed by atoms with Crippen LogP contribution in [-0.4, -0.2) is 50.2 Å². The molecule has 20 heavy (non-hydrogen) atoms. The van der Waals surface area contributed by atoms with Gasteiger partial charge in [-0.1, -0.05) is 18.2 Å². The van der Waals surface area contributed by atoms with Gasteiger partial charge < -0.3 is 10.2 Å². The molecule has 0 unspecified atom stereocenters. The summed E-state index contributed by atoms with van der Waals surface area (Å²) in [6.07, 6.45) is 1.32. The van der Waals surface area contributed by atoms with Crippen molar-refractivity contribution in [3.8, 4) is 0 Å². The quantitative estimate of drug-likeness (QED) is 0.892. The van der Waals surface area contributed by atoms with E-state index in [9.17, 15) is 0 Å². The number of halogens is 3. The Bertz CT molecular complexity index is 350. The summed E-state index contributed by atoms with van der Waals surface area (Å²) in [6.45, 7) is 7.14. The van der Waals surface area contributed by atoms with Crippen molar-refractivity contribution < 1.29 is 0 Å². The van der Waals surface area contributed by atoms with Crippen molar-refractivity contribution in [3.05, 3.63) is 30.3 Å². The second-order valence-electron chi connectivity index (χ2n) is 5.01. The average molecular weight is 341 g/mol. The third-order valence-electron chi connectivity index (χ3n) is 3.99. The number of para-hydroxylation sites is 1. The molecule has 0 aromatic heterocycles. The highest BCUT2D eigenvalue weighted by molar-refractivity contribution is 5.86. The minimum atomic E-state index is 0. The van der Waals surface area contributed by atoms with Gasteiger partial charge in [-0.3, -0.25) is 4.90 Å². The molecule has 2 heterocycles. The number of piperazine rings is 1. The molecule has 0 aliphatic carbocycles. The zero-order chi connectivity index (χ0) is 11.5. The van der Waals surface area contributed by atoms with Crippen LogP contribution in [0.3, 0.4) is 0 Å². The molecule has 116 valence electrons. The molecule has 0 bridgehead atoms. The van der Waals surface area contributed by atoms with E-state index < -0.39 is 0 Å². The van der Waals surface area contributed by atoms with Gasteiger partial charge in [0.15, 0.2) is 0 Å². The average Bonchev–Trinajstić information content (AvgIpc) is 2.94. The molecule has 0 spiro atoms. The minimum absolute atomic E-state index is 0. The first-order valence-electron chi connectivity index (χ1n) is 6.68. The van der Waals surface area contributed by atoms with Crippen LogP contribution < -0.4 is 10.2 Å². The normalized spacial score (nSPS) is 22.4. The topological polar surface area (TPSA) is 18.5 Å². The van der Waals surface area contributed by atoms with Gasteiger partial charge in [0.25, 0.3) is 0 Å². The molecule has 0 saturated carbocycles. The van der Waals surface area contributed by atoms with Crippen molar-refractivity contribution in [1.82, 2.24) is 10.2 Å². The van der Waals surface area contributed by atoms with E-state index in [1.165, 1.54) is 51.4 Å². The van der Waals surface area contributed by atoms with Crippen LogP contribution in [0.25, 0.3) is 0 Å². The van der Waals surface area contributed by atoms with Gasteiger partial charge in [0.2, 0.25) is 0 Å². The number of hydrogen-bond acceptors (Lipinski definition) is 3. The molecular formula is C14H24Cl3N3. The molecule has 2 aliphatic heterocycles. The molecule has 2 fully saturated rings. The van der Waals surface area contributed by atoms with Gasteiger partial charge in [-0.2, -0.15) is 0 Å². The maximum Gasteiger partial charge on any atom is 0.0367 e. The van der Waals surface area contributed by atoms with E-state index in [-0.39, 0.29) is 37.2 Å². The first-order valence-corrected chi connectivity index (χ1v) is 6.68. The lowest BCUT2D eigenvalue weighted by Gasteiger charge is -2.38. The summed E-state index contributed by atoms with van der Waals surface area (Å²) in [5.41, 5.74) is 1.37. The maximum absolute atomic E-state index is 3.46. The van der Waals surface area contributed by atoms with Crippen molar-refractivity contribution >= 4 is 42.9 Å². The molecule has 3 nitrogen and oxygen atoms in total. The number of benzene rings is 1. The zero-order valence-corrected chi connectivity index (χ0v) is 14.0. The summed E-state index contributed by atoms with van der Waals surface area (Å²) in [5, 5.41) is 3.46. The predicted molar refractivity (Wildman–Crippen MR) is 93.2 cm³/mol. The van der Waals surface area contributed by atoms with Gasteiger partial charge in [-0.25, -0.2) is 0 Å². The van der Waals surface area contributed by atoms with Crippen LogP contribution in [0.5, 0.6) is 0 Å².